The van der Waals surface area contributed by atoms with Crippen molar-refractivity contribution in [2.75, 3.05) is 5.32 Å². The van der Waals surface area contributed by atoms with Gasteiger partial charge < -0.3 is 5.32 Å². The molecule has 0 atom stereocenters. The van der Waals surface area contributed by atoms with E-state index in [1.807, 2.05) is 34.6 Å². The third-order valence-electron chi connectivity index (χ3n) is 1.81. The molecule has 0 fully saturated rings. The summed E-state index contributed by atoms with van der Waals surface area (Å²) in [6, 6.07) is 0. The number of amides is 1. The Morgan fingerprint density at radius 2 is 1.73 bits per heavy atom. The Morgan fingerprint density at radius 1 is 1.27 bits per heavy atom. The average molecular weight is 209 g/mol. The number of aromatic nitrogens is 2. The van der Waals surface area contributed by atoms with Crippen LogP contribution in [0.15, 0.2) is 6.33 Å². The molecule has 0 spiro atoms. The van der Waals surface area contributed by atoms with Gasteiger partial charge in [-0.3, -0.25) is 4.79 Å². The van der Waals surface area contributed by atoms with Crippen LogP contribution in [0.2, 0.25) is 0 Å². The second kappa shape index (κ2) is 6.92. The van der Waals surface area contributed by atoms with Crippen LogP contribution in [-0.2, 0) is 4.79 Å². The van der Waals surface area contributed by atoms with Gasteiger partial charge in [0, 0.05) is 6.42 Å². The summed E-state index contributed by atoms with van der Waals surface area (Å²) in [6.45, 7) is 9.50. The van der Waals surface area contributed by atoms with Crippen molar-refractivity contribution >= 4 is 11.6 Å². The van der Waals surface area contributed by atoms with E-state index in [4.69, 9.17) is 0 Å². The Balaban J connectivity index is 0.000000921. The molecule has 0 aliphatic rings. The number of anilines is 1. The SMILES string of the molecule is CC.CCC(=O)Nc1c(C)ncnc1C. The third-order valence-corrected chi connectivity index (χ3v) is 1.81. The zero-order valence-electron chi connectivity index (χ0n) is 10.1. The largest absolute Gasteiger partial charge is 0.323 e. The summed E-state index contributed by atoms with van der Waals surface area (Å²) in [7, 11) is 0. The molecule has 1 aromatic heterocycles. The number of carbonyl (C=O) groups is 1. The van der Waals surface area contributed by atoms with Crippen LogP contribution in [0.4, 0.5) is 5.69 Å². The number of hydrogen-bond acceptors (Lipinski definition) is 3. The van der Waals surface area contributed by atoms with E-state index in [1.165, 1.54) is 6.33 Å². The highest BCUT2D eigenvalue weighted by molar-refractivity contribution is 5.91. The molecule has 0 unspecified atom stereocenters. The number of carbonyl (C=O) groups excluding carboxylic acids is 1. The van der Waals surface area contributed by atoms with E-state index in [9.17, 15) is 4.79 Å². The van der Waals surface area contributed by atoms with E-state index >= 15 is 0 Å². The molecule has 4 nitrogen and oxygen atoms in total. The Morgan fingerprint density at radius 3 is 2.13 bits per heavy atom. The van der Waals surface area contributed by atoms with Crippen molar-refractivity contribution in [1.29, 1.82) is 0 Å². The van der Waals surface area contributed by atoms with E-state index in [-0.39, 0.29) is 5.91 Å². The third kappa shape index (κ3) is 4.06. The van der Waals surface area contributed by atoms with Crippen molar-refractivity contribution in [3.63, 3.8) is 0 Å². The summed E-state index contributed by atoms with van der Waals surface area (Å²) < 4.78 is 0. The summed E-state index contributed by atoms with van der Waals surface area (Å²) in [5, 5.41) is 2.76. The van der Waals surface area contributed by atoms with E-state index in [1.54, 1.807) is 0 Å². The van der Waals surface area contributed by atoms with Gasteiger partial charge in [0.15, 0.2) is 0 Å². The fourth-order valence-electron chi connectivity index (χ4n) is 1.00. The molecule has 0 bridgehead atoms. The number of nitrogens with one attached hydrogen (secondary N) is 1. The van der Waals surface area contributed by atoms with Crippen molar-refractivity contribution in [2.24, 2.45) is 0 Å². The van der Waals surface area contributed by atoms with Gasteiger partial charge in [0.2, 0.25) is 5.91 Å². The normalized spacial score (nSPS) is 8.87. The van der Waals surface area contributed by atoms with Gasteiger partial charge >= 0.3 is 0 Å². The van der Waals surface area contributed by atoms with E-state index in [0.29, 0.717) is 6.42 Å². The molecule has 0 aliphatic heterocycles. The van der Waals surface area contributed by atoms with E-state index in [2.05, 4.69) is 15.3 Å². The summed E-state index contributed by atoms with van der Waals surface area (Å²) in [5.74, 6) is -0.0130. The lowest BCUT2D eigenvalue weighted by molar-refractivity contribution is -0.115. The van der Waals surface area contributed by atoms with Crippen molar-refractivity contribution in [1.82, 2.24) is 9.97 Å². The van der Waals surface area contributed by atoms with Crippen LogP contribution in [0.25, 0.3) is 0 Å². The lowest BCUT2D eigenvalue weighted by Crippen LogP contribution is -2.12. The quantitative estimate of drug-likeness (QED) is 0.814. The lowest BCUT2D eigenvalue weighted by Gasteiger charge is -2.08. The van der Waals surface area contributed by atoms with Crippen LogP contribution >= 0.6 is 0 Å². The fourth-order valence-corrected chi connectivity index (χ4v) is 1.00. The molecule has 1 aromatic rings. The molecule has 1 rings (SSSR count). The number of nitrogens with zero attached hydrogens (tertiary/aromatic N) is 2. The molecular weight excluding hydrogens is 190 g/mol. The Bertz CT molecular complexity index is 303. The average Bonchev–Trinajstić information content (AvgIpc) is 2.26. The van der Waals surface area contributed by atoms with Gasteiger partial charge in [0.05, 0.1) is 17.1 Å². The van der Waals surface area contributed by atoms with Gasteiger partial charge in [-0.15, -0.1) is 0 Å². The zero-order chi connectivity index (χ0) is 11.8. The first-order valence-electron chi connectivity index (χ1n) is 5.23. The van der Waals surface area contributed by atoms with E-state index < -0.39 is 0 Å². The Hall–Kier alpha value is -1.45. The maximum absolute atomic E-state index is 11.1. The number of hydrogen-bond donors (Lipinski definition) is 1. The highest BCUT2D eigenvalue weighted by Gasteiger charge is 2.06. The molecule has 0 saturated heterocycles. The van der Waals surface area contributed by atoms with Gasteiger partial charge in [0.1, 0.15) is 6.33 Å². The minimum absolute atomic E-state index is 0.0130. The number of aryl methyl sites for hydroxylation is 2. The Kier molecular flexibility index (Phi) is 6.25. The first-order valence-corrected chi connectivity index (χ1v) is 5.23. The summed E-state index contributed by atoms with van der Waals surface area (Å²) in [6.07, 6.45) is 1.96. The fraction of sp³-hybridized carbons (Fsp3) is 0.545. The van der Waals surface area contributed by atoms with Crippen molar-refractivity contribution < 1.29 is 4.79 Å². The second-order valence-corrected chi connectivity index (χ2v) is 2.82. The molecule has 4 heteroatoms. The highest BCUT2D eigenvalue weighted by Crippen LogP contribution is 2.14. The van der Waals surface area contributed by atoms with Gasteiger partial charge in [-0.05, 0) is 13.8 Å². The molecule has 15 heavy (non-hydrogen) atoms. The lowest BCUT2D eigenvalue weighted by atomic mass is 10.3. The van der Waals surface area contributed by atoms with Crippen LogP contribution in [0.1, 0.15) is 38.6 Å². The molecule has 0 saturated carbocycles. The predicted octanol–water partition coefficient (Wildman–Crippen LogP) is 2.47. The number of rotatable bonds is 2. The summed E-state index contributed by atoms with van der Waals surface area (Å²) in [4.78, 5) is 19.1. The minimum Gasteiger partial charge on any atom is -0.323 e. The molecule has 0 aromatic carbocycles. The maximum Gasteiger partial charge on any atom is 0.224 e. The Labute approximate surface area is 91.1 Å². The topological polar surface area (TPSA) is 54.9 Å². The van der Waals surface area contributed by atoms with Crippen LogP contribution in [-0.4, -0.2) is 15.9 Å². The standard InChI is InChI=1S/C9H13N3O.C2H6/c1-4-8(13)12-9-6(2)10-5-11-7(9)3;1-2/h5H,4H2,1-3H3,(H,12,13);1-2H3. The van der Waals surface area contributed by atoms with Crippen LogP contribution in [0.5, 0.6) is 0 Å². The summed E-state index contributed by atoms with van der Waals surface area (Å²) in [5.41, 5.74) is 2.33. The van der Waals surface area contributed by atoms with Crippen molar-refractivity contribution in [2.45, 2.75) is 41.0 Å². The second-order valence-electron chi connectivity index (χ2n) is 2.82. The zero-order valence-corrected chi connectivity index (χ0v) is 10.1. The molecule has 0 radical (unpaired) electrons. The highest BCUT2D eigenvalue weighted by atomic mass is 16.1. The summed E-state index contributed by atoms with van der Waals surface area (Å²) >= 11 is 0. The molecule has 1 N–H and O–H groups in total. The molecular formula is C11H19N3O. The van der Waals surface area contributed by atoms with Crippen molar-refractivity contribution in [3.05, 3.63) is 17.7 Å². The first kappa shape index (κ1) is 13.5. The van der Waals surface area contributed by atoms with E-state index in [0.717, 1.165) is 17.1 Å². The van der Waals surface area contributed by atoms with Gasteiger partial charge in [-0.2, -0.15) is 0 Å². The molecule has 1 heterocycles. The molecule has 1 amide bonds. The van der Waals surface area contributed by atoms with Gasteiger partial charge in [-0.1, -0.05) is 20.8 Å². The first-order chi connectivity index (χ1) is 7.15. The smallest absolute Gasteiger partial charge is 0.224 e. The predicted molar refractivity (Wildman–Crippen MR) is 61.8 cm³/mol. The monoisotopic (exact) mass is 209 g/mol. The van der Waals surface area contributed by atoms with Crippen LogP contribution in [0, 0.1) is 13.8 Å². The molecule has 84 valence electrons. The minimum atomic E-state index is -0.0130. The maximum atomic E-state index is 11.1. The van der Waals surface area contributed by atoms with Gasteiger partial charge in [-0.25, -0.2) is 9.97 Å². The van der Waals surface area contributed by atoms with Crippen molar-refractivity contribution in [3.8, 4) is 0 Å². The van der Waals surface area contributed by atoms with Crippen LogP contribution < -0.4 is 5.32 Å². The van der Waals surface area contributed by atoms with Gasteiger partial charge in [0.25, 0.3) is 0 Å². The van der Waals surface area contributed by atoms with Crippen LogP contribution in [0.3, 0.4) is 0 Å². The molecule has 0 aliphatic carbocycles.